The summed E-state index contributed by atoms with van der Waals surface area (Å²) in [4.78, 5) is 28.9. The Balaban J connectivity index is 1.81. The fourth-order valence-electron chi connectivity index (χ4n) is 4.12. The van der Waals surface area contributed by atoms with Gasteiger partial charge in [0, 0.05) is 13.7 Å². The summed E-state index contributed by atoms with van der Waals surface area (Å²) in [5.41, 5.74) is 6.56. The summed E-state index contributed by atoms with van der Waals surface area (Å²) in [6, 6.07) is 0.255. The van der Waals surface area contributed by atoms with Crippen LogP contribution in [0.3, 0.4) is 0 Å². The van der Waals surface area contributed by atoms with Crippen molar-refractivity contribution in [2.24, 2.45) is 10.9 Å². The molecule has 0 unspecified atom stereocenters. The summed E-state index contributed by atoms with van der Waals surface area (Å²) in [7, 11) is 3.12. The first-order chi connectivity index (χ1) is 16.5. The van der Waals surface area contributed by atoms with Crippen molar-refractivity contribution in [3.63, 3.8) is 0 Å². The van der Waals surface area contributed by atoms with E-state index in [1.807, 2.05) is 4.90 Å². The molecule has 0 amide bonds. The number of methoxy groups -OCH3 is 2. The van der Waals surface area contributed by atoms with Gasteiger partial charge in [0.05, 0.1) is 19.6 Å². The monoisotopic (exact) mass is 478 g/mol. The first-order valence-corrected chi connectivity index (χ1v) is 12.3. The molecule has 0 bridgehead atoms. The number of ether oxygens (including phenoxy) is 3. The number of carbonyl (C=O) groups excluding carboxylic acids is 1. The predicted octanol–water partition coefficient (Wildman–Crippen LogP) is 3.43. The molecular formula is C24H42N6O4. The van der Waals surface area contributed by atoms with E-state index >= 15 is 0 Å². The minimum absolute atomic E-state index is 0.0661. The lowest BCUT2D eigenvalue weighted by molar-refractivity contribution is -0.147. The molecule has 192 valence electrons. The van der Waals surface area contributed by atoms with Crippen LogP contribution in [0.25, 0.3) is 0 Å². The first-order valence-electron chi connectivity index (χ1n) is 12.3. The van der Waals surface area contributed by atoms with Crippen molar-refractivity contribution in [3.8, 4) is 6.01 Å². The number of aliphatic imine (C=N–C) groups is 1. The van der Waals surface area contributed by atoms with E-state index in [-0.39, 0.29) is 23.7 Å². The zero-order valence-corrected chi connectivity index (χ0v) is 21.1. The number of carbonyl (C=O) groups is 1. The third-order valence-corrected chi connectivity index (χ3v) is 6.12. The van der Waals surface area contributed by atoms with Crippen molar-refractivity contribution in [1.29, 1.82) is 0 Å². The van der Waals surface area contributed by atoms with Gasteiger partial charge in [-0.05, 0) is 58.5 Å². The van der Waals surface area contributed by atoms with Gasteiger partial charge in [-0.15, -0.1) is 0 Å². The molecule has 1 aromatic rings. The lowest BCUT2D eigenvalue weighted by Gasteiger charge is -2.30. The van der Waals surface area contributed by atoms with Crippen molar-refractivity contribution in [3.05, 3.63) is 0 Å². The summed E-state index contributed by atoms with van der Waals surface area (Å²) in [6.07, 6.45) is 8.09. The van der Waals surface area contributed by atoms with Crippen molar-refractivity contribution in [2.75, 3.05) is 64.4 Å². The fourth-order valence-corrected chi connectivity index (χ4v) is 4.12. The first kappa shape index (κ1) is 27.8. The summed E-state index contributed by atoms with van der Waals surface area (Å²) in [6.45, 7) is 10.4. The van der Waals surface area contributed by atoms with Crippen LogP contribution in [-0.2, 0) is 14.3 Å². The number of likely N-dealkylation sites (tertiary alicyclic amines) is 1. The van der Waals surface area contributed by atoms with Crippen molar-refractivity contribution >= 4 is 30.0 Å². The maximum atomic E-state index is 11.7. The average Bonchev–Trinajstić information content (AvgIpc) is 2.85. The number of piperidine rings is 1. The summed E-state index contributed by atoms with van der Waals surface area (Å²) >= 11 is 0. The minimum Gasteiger partial charge on any atom is -0.469 e. The number of esters is 1. The van der Waals surface area contributed by atoms with Crippen LogP contribution >= 0.6 is 0 Å². The van der Waals surface area contributed by atoms with Gasteiger partial charge in [0.25, 0.3) is 0 Å². The van der Waals surface area contributed by atoms with Crippen LogP contribution in [0.2, 0.25) is 0 Å². The standard InChI is InChI=1S/C24H42N6O4/c1-5-6-17-34-24-27-21(25)20(26-2)22(28-24)30(18-32-3)14-10-8-7-9-13-29-15-11-19(12-16-29)23(31)33-4/h19H,2,5-18H2,1,3-4H3,(H2,25,27,28). The van der Waals surface area contributed by atoms with E-state index in [0.717, 1.165) is 77.5 Å². The second-order valence-corrected chi connectivity index (χ2v) is 8.66. The van der Waals surface area contributed by atoms with E-state index in [4.69, 9.17) is 19.9 Å². The molecule has 1 aliphatic rings. The molecule has 0 spiro atoms. The number of nitrogens with two attached hydrogens (primary N) is 1. The Bertz CT molecular complexity index is 755. The predicted molar refractivity (Wildman–Crippen MR) is 135 cm³/mol. The van der Waals surface area contributed by atoms with Gasteiger partial charge >= 0.3 is 12.0 Å². The number of hydrogen-bond donors (Lipinski definition) is 1. The van der Waals surface area contributed by atoms with Crippen LogP contribution < -0.4 is 15.4 Å². The number of aromatic nitrogens is 2. The quantitative estimate of drug-likeness (QED) is 0.165. The van der Waals surface area contributed by atoms with Crippen LogP contribution in [0.1, 0.15) is 58.3 Å². The maximum Gasteiger partial charge on any atom is 0.320 e. The van der Waals surface area contributed by atoms with Gasteiger partial charge < -0.3 is 29.7 Å². The number of nitrogen functional groups attached to an aromatic ring is 1. The van der Waals surface area contributed by atoms with E-state index < -0.39 is 0 Å². The molecule has 0 saturated carbocycles. The second-order valence-electron chi connectivity index (χ2n) is 8.66. The van der Waals surface area contributed by atoms with Crippen LogP contribution in [0, 0.1) is 5.92 Å². The number of unbranched alkanes of at least 4 members (excludes halogenated alkanes) is 4. The highest BCUT2D eigenvalue weighted by Gasteiger charge is 2.25. The van der Waals surface area contributed by atoms with Gasteiger partial charge in [0.1, 0.15) is 12.4 Å². The smallest absolute Gasteiger partial charge is 0.320 e. The van der Waals surface area contributed by atoms with E-state index in [1.165, 1.54) is 7.11 Å². The molecule has 0 atom stereocenters. The molecule has 2 N–H and O–H groups in total. The number of anilines is 2. The summed E-state index contributed by atoms with van der Waals surface area (Å²) < 4.78 is 16.0. The Morgan fingerprint density at radius 3 is 2.56 bits per heavy atom. The van der Waals surface area contributed by atoms with Crippen LogP contribution in [0.4, 0.5) is 17.3 Å². The molecule has 2 rings (SSSR count). The highest BCUT2D eigenvalue weighted by Crippen LogP contribution is 2.33. The molecule has 34 heavy (non-hydrogen) atoms. The molecule has 1 aliphatic heterocycles. The largest absolute Gasteiger partial charge is 0.469 e. The SMILES string of the molecule is C=Nc1c(N)nc(OCCCC)nc1N(CCCCCCN1CCC(C(=O)OC)CC1)COC. The molecule has 1 fully saturated rings. The fraction of sp³-hybridized carbons (Fsp3) is 0.750. The Morgan fingerprint density at radius 1 is 1.18 bits per heavy atom. The third-order valence-electron chi connectivity index (χ3n) is 6.12. The summed E-state index contributed by atoms with van der Waals surface area (Å²) in [5, 5.41) is 0. The van der Waals surface area contributed by atoms with Gasteiger partial charge in [-0.3, -0.25) is 9.79 Å². The lowest BCUT2D eigenvalue weighted by Crippen LogP contribution is -2.37. The molecule has 10 heteroatoms. The zero-order chi connectivity index (χ0) is 24.8. The third kappa shape index (κ3) is 8.72. The van der Waals surface area contributed by atoms with E-state index in [1.54, 1.807) is 7.11 Å². The van der Waals surface area contributed by atoms with Gasteiger partial charge in [0.2, 0.25) is 0 Å². The average molecular weight is 479 g/mol. The highest BCUT2D eigenvalue weighted by atomic mass is 16.5. The van der Waals surface area contributed by atoms with Crippen LogP contribution in [0.5, 0.6) is 6.01 Å². The van der Waals surface area contributed by atoms with E-state index in [0.29, 0.717) is 24.8 Å². The molecule has 0 radical (unpaired) electrons. The molecule has 2 heterocycles. The summed E-state index contributed by atoms with van der Waals surface area (Å²) in [5.74, 6) is 0.837. The molecule has 0 aliphatic carbocycles. The number of nitrogens with zero attached hydrogens (tertiary/aromatic N) is 5. The Morgan fingerprint density at radius 2 is 1.91 bits per heavy atom. The second kappa shape index (κ2) is 15.4. The molecule has 0 aromatic carbocycles. The van der Waals surface area contributed by atoms with Crippen molar-refractivity contribution in [1.82, 2.24) is 14.9 Å². The van der Waals surface area contributed by atoms with Crippen LogP contribution in [0.15, 0.2) is 4.99 Å². The highest BCUT2D eigenvalue weighted by molar-refractivity contribution is 5.75. The topological polar surface area (TPSA) is 115 Å². The molecule has 10 nitrogen and oxygen atoms in total. The van der Waals surface area contributed by atoms with Crippen molar-refractivity contribution in [2.45, 2.75) is 58.3 Å². The molecular weight excluding hydrogens is 436 g/mol. The minimum atomic E-state index is -0.0693. The number of hydrogen-bond acceptors (Lipinski definition) is 10. The lowest BCUT2D eigenvalue weighted by atomic mass is 9.97. The van der Waals surface area contributed by atoms with Gasteiger partial charge in [-0.2, -0.15) is 9.97 Å². The Labute approximate surface area is 203 Å². The van der Waals surface area contributed by atoms with Crippen LogP contribution in [-0.4, -0.2) is 81.3 Å². The van der Waals surface area contributed by atoms with Gasteiger partial charge in [-0.25, -0.2) is 0 Å². The van der Waals surface area contributed by atoms with Gasteiger partial charge in [-0.1, -0.05) is 26.2 Å². The van der Waals surface area contributed by atoms with E-state index in [2.05, 4.69) is 33.5 Å². The maximum absolute atomic E-state index is 11.7. The Kier molecular flexibility index (Phi) is 12.6. The normalized spacial score (nSPS) is 14.7. The van der Waals surface area contributed by atoms with Crippen molar-refractivity contribution < 1.29 is 19.0 Å². The van der Waals surface area contributed by atoms with Gasteiger partial charge in [0.15, 0.2) is 11.6 Å². The van der Waals surface area contributed by atoms with E-state index in [9.17, 15) is 4.79 Å². The molecule has 1 saturated heterocycles. The molecule has 1 aromatic heterocycles. The Hall–Kier alpha value is -2.46. The number of rotatable bonds is 16. The zero-order valence-electron chi connectivity index (χ0n) is 21.1.